The highest BCUT2D eigenvalue weighted by Crippen LogP contribution is 2.37. The van der Waals surface area contributed by atoms with Crippen LogP contribution in [0.5, 0.6) is 0 Å². The largest absolute Gasteiger partial charge is 0.417 e. The minimum Gasteiger partial charge on any atom is -0.381 e. The lowest BCUT2D eigenvalue weighted by atomic mass is 9.90. The van der Waals surface area contributed by atoms with Crippen molar-refractivity contribution in [2.24, 2.45) is 0 Å². The topological polar surface area (TPSA) is 45.9 Å². The van der Waals surface area contributed by atoms with Crippen LogP contribution in [-0.2, 0) is 16.3 Å². The van der Waals surface area contributed by atoms with E-state index < -0.39 is 22.7 Å². The van der Waals surface area contributed by atoms with Crippen molar-refractivity contribution in [3.8, 4) is 6.07 Å². The fourth-order valence-electron chi connectivity index (χ4n) is 1.68. The molecule has 0 aliphatic carbocycles. The van der Waals surface area contributed by atoms with Gasteiger partial charge >= 0.3 is 6.18 Å². The van der Waals surface area contributed by atoms with Crippen LogP contribution in [0.1, 0.15) is 44.5 Å². The number of nitriles is 1. The second-order valence-electron chi connectivity index (χ2n) is 5.64. The molecule has 0 spiro atoms. The van der Waals surface area contributed by atoms with Gasteiger partial charge in [0, 0.05) is 23.5 Å². The maximum absolute atomic E-state index is 13.2. The molecule has 1 heterocycles. The first-order chi connectivity index (χ1) is 10.1. The zero-order valence-corrected chi connectivity index (χ0v) is 13.9. The summed E-state index contributed by atoms with van der Waals surface area (Å²) in [7, 11) is 0. The summed E-state index contributed by atoms with van der Waals surface area (Å²) in [4.78, 5) is 4.27. The molecule has 0 unspecified atom stereocenters. The van der Waals surface area contributed by atoms with Crippen LogP contribution < -0.4 is 0 Å². The van der Waals surface area contributed by atoms with E-state index in [9.17, 15) is 13.2 Å². The molecule has 3 nitrogen and oxygen atoms in total. The Morgan fingerprint density at radius 3 is 2.41 bits per heavy atom. The quantitative estimate of drug-likeness (QED) is 0.592. The Balaban J connectivity index is 3.31. The second-order valence-corrected chi connectivity index (χ2v) is 6.72. The van der Waals surface area contributed by atoms with Gasteiger partial charge in [-0.25, -0.2) is 4.98 Å². The van der Waals surface area contributed by atoms with Crippen molar-refractivity contribution in [3.63, 3.8) is 0 Å². The van der Waals surface area contributed by atoms with Crippen molar-refractivity contribution in [3.05, 3.63) is 22.9 Å². The molecule has 0 saturated carbocycles. The van der Waals surface area contributed by atoms with Crippen molar-refractivity contribution >= 4 is 11.8 Å². The number of alkyl halides is 3. The van der Waals surface area contributed by atoms with Crippen LogP contribution in [0.2, 0.25) is 0 Å². The number of hydrogen-bond acceptors (Lipinski definition) is 4. The third-order valence-corrected chi connectivity index (χ3v) is 3.78. The van der Waals surface area contributed by atoms with Crippen LogP contribution >= 0.6 is 11.8 Å². The van der Waals surface area contributed by atoms with E-state index in [1.807, 2.05) is 6.92 Å². The molecule has 1 rings (SSSR count). The highest BCUT2D eigenvalue weighted by Gasteiger charge is 2.37. The SMILES string of the molecule is CCOCCSc1nc(C(C)(C)C)cc(C(F)(F)F)c1C#N. The van der Waals surface area contributed by atoms with Gasteiger partial charge in [0.15, 0.2) is 0 Å². The van der Waals surface area contributed by atoms with Crippen LogP contribution in [0.15, 0.2) is 11.1 Å². The molecule has 0 aromatic carbocycles. The van der Waals surface area contributed by atoms with Crippen LogP contribution in [-0.4, -0.2) is 24.0 Å². The molecule has 7 heteroatoms. The lowest BCUT2D eigenvalue weighted by molar-refractivity contribution is -0.138. The molecular formula is C15H19F3N2OS. The maximum atomic E-state index is 13.2. The fourth-order valence-corrected chi connectivity index (χ4v) is 2.54. The Kier molecular flexibility index (Phi) is 6.27. The molecule has 122 valence electrons. The van der Waals surface area contributed by atoms with Crippen LogP contribution in [0, 0.1) is 11.3 Å². The number of halogens is 3. The molecular weight excluding hydrogens is 313 g/mol. The second kappa shape index (κ2) is 7.34. The number of hydrogen-bond donors (Lipinski definition) is 0. The Bertz CT molecular complexity index is 560. The third-order valence-electron chi connectivity index (χ3n) is 2.84. The minimum absolute atomic E-state index is 0.113. The van der Waals surface area contributed by atoms with Crippen molar-refractivity contribution in [1.29, 1.82) is 5.26 Å². The summed E-state index contributed by atoms with van der Waals surface area (Å²) < 4.78 is 44.8. The van der Waals surface area contributed by atoms with Crippen molar-refractivity contribution in [2.45, 2.75) is 44.3 Å². The van der Waals surface area contributed by atoms with Gasteiger partial charge in [0.05, 0.1) is 17.7 Å². The molecule has 0 bridgehead atoms. The summed E-state index contributed by atoms with van der Waals surface area (Å²) in [6.45, 7) is 8.14. The predicted molar refractivity (Wildman–Crippen MR) is 79.9 cm³/mol. The van der Waals surface area contributed by atoms with Gasteiger partial charge in [-0.05, 0) is 13.0 Å². The van der Waals surface area contributed by atoms with Gasteiger partial charge in [0.25, 0.3) is 0 Å². The monoisotopic (exact) mass is 332 g/mol. The van der Waals surface area contributed by atoms with Gasteiger partial charge in [-0.2, -0.15) is 18.4 Å². The summed E-state index contributed by atoms with van der Waals surface area (Å²) >= 11 is 1.11. The highest BCUT2D eigenvalue weighted by molar-refractivity contribution is 7.99. The summed E-state index contributed by atoms with van der Waals surface area (Å²) in [5.41, 5.74) is -1.56. The van der Waals surface area contributed by atoms with E-state index in [2.05, 4.69) is 4.98 Å². The summed E-state index contributed by atoms with van der Waals surface area (Å²) in [6, 6.07) is 2.62. The first-order valence-electron chi connectivity index (χ1n) is 6.84. The Morgan fingerprint density at radius 2 is 1.95 bits per heavy atom. The predicted octanol–water partition coefficient (Wildman–Crippen LogP) is 4.40. The lowest BCUT2D eigenvalue weighted by Crippen LogP contribution is -2.18. The van der Waals surface area contributed by atoms with E-state index in [4.69, 9.17) is 10.00 Å². The van der Waals surface area contributed by atoms with Crippen LogP contribution in [0.25, 0.3) is 0 Å². The smallest absolute Gasteiger partial charge is 0.381 e. The molecule has 0 amide bonds. The number of aromatic nitrogens is 1. The summed E-state index contributed by atoms with van der Waals surface area (Å²) in [6.07, 6.45) is -4.58. The van der Waals surface area contributed by atoms with Crippen LogP contribution in [0.4, 0.5) is 13.2 Å². The normalized spacial score (nSPS) is 12.3. The average molecular weight is 332 g/mol. The van der Waals surface area contributed by atoms with E-state index in [1.165, 1.54) is 0 Å². The molecule has 0 fully saturated rings. The third kappa shape index (κ3) is 4.89. The van der Waals surface area contributed by atoms with E-state index in [-0.39, 0.29) is 5.03 Å². The van der Waals surface area contributed by atoms with Gasteiger partial charge in [0.1, 0.15) is 11.1 Å². The van der Waals surface area contributed by atoms with Crippen molar-refractivity contribution in [1.82, 2.24) is 4.98 Å². The molecule has 0 saturated heterocycles. The summed E-state index contributed by atoms with van der Waals surface area (Å²) in [5, 5.41) is 9.24. The number of thioether (sulfide) groups is 1. The van der Waals surface area contributed by atoms with Gasteiger partial charge < -0.3 is 4.74 Å². The van der Waals surface area contributed by atoms with Gasteiger partial charge in [-0.15, -0.1) is 11.8 Å². The minimum atomic E-state index is -4.58. The molecule has 22 heavy (non-hydrogen) atoms. The van der Waals surface area contributed by atoms with Crippen molar-refractivity contribution < 1.29 is 17.9 Å². The fraction of sp³-hybridized carbons (Fsp3) is 0.600. The first kappa shape index (κ1) is 18.8. The molecule has 0 aliphatic heterocycles. The number of ether oxygens (including phenoxy) is 1. The Hall–Kier alpha value is -1.26. The standard InChI is InChI=1S/C15H19F3N2OS/c1-5-21-6-7-22-13-10(9-19)11(15(16,17)18)8-12(20-13)14(2,3)4/h8H,5-7H2,1-4H3. The van der Waals surface area contributed by atoms with Gasteiger partial charge in [0.2, 0.25) is 0 Å². The van der Waals surface area contributed by atoms with E-state index in [0.29, 0.717) is 24.7 Å². The lowest BCUT2D eigenvalue weighted by Gasteiger charge is -2.21. The number of rotatable bonds is 5. The van der Waals surface area contributed by atoms with E-state index >= 15 is 0 Å². The molecule has 0 N–H and O–H groups in total. The Labute approximate surface area is 132 Å². The maximum Gasteiger partial charge on any atom is 0.417 e. The molecule has 0 atom stereocenters. The number of pyridine rings is 1. The van der Waals surface area contributed by atoms with Crippen molar-refractivity contribution in [2.75, 3.05) is 19.0 Å². The highest BCUT2D eigenvalue weighted by atomic mass is 32.2. The average Bonchev–Trinajstić information content (AvgIpc) is 2.40. The zero-order valence-electron chi connectivity index (χ0n) is 13.0. The molecule has 1 aromatic heterocycles. The van der Waals surface area contributed by atoms with Gasteiger partial charge in [-0.1, -0.05) is 20.8 Å². The molecule has 0 radical (unpaired) electrons. The first-order valence-corrected chi connectivity index (χ1v) is 7.83. The van der Waals surface area contributed by atoms with E-state index in [1.54, 1.807) is 26.8 Å². The van der Waals surface area contributed by atoms with Gasteiger partial charge in [-0.3, -0.25) is 0 Å². The molecule has 0 aliphatic rings. The summed E-state index contributed by atoms with van der Waals surface area (Å²) in [5.74, 6) is 0.445. The van der Waals surface area contributed by atoms with Crippen LogP contribution in [0.3, 0.4) is 0 Å². The molecule has 1 aromatic rings. The Morgan fingerprint density at radius 1 is 1.32 bits per heavy atom. The zero-order chi connectivity index (χ0) is 17.0. The number of nitrogens with zero attached hydrogens (tertiary/aromatic N) is 2. The van der Waals surface area contributed by atoms with E-state index in [0.717, 1.165) is 17.8 Å².